The summed E-state index contributed by atoms with van der Waals surface area (Å²) >= 11 is 0. The first-order valence-corrected chi connectivity index (χ1v) is 10.2. The number of carbonyl (C=O) groups excluding carboxylic acids is 1. The van der Waals surface area contributed by atoms with Gasteiger partial charge in [-0.05, 0) is 43.0 Å². The van der Waals surface area contributed by atoms with Gasteiger partial charge in [0.2, 0.25) is 0 Å². The largest absolute Gasteiger partial charge is 0.458 e. The first-order chi connectivity index (χ1) is 14.8. The van der Waals surface area contributed by atoms with E-state index in [4.69, 9.17) is 4.74 Å². The van der Waals surface area contributed by atoms with Gasteiger partial charge in [-0.3, -0.25) is 4.79 Å². The lowest BCUT2D eigenvalue weighted by molar-refractivity contribution is -0.172. The number of rotatable bonds is 3. The Labute approximate surface area is 176 Å². The number of halogens is 1. The maximum atomic E-state index is 14.3. The summed E-state index contributed by atoms with van der Waals surface area (Å²) < 4.78 is 20.9. The lowest BCUT2D eigenvalue weighted by Crippen LogP contribution is -2.44. The molecule has 160 valence electrons. The molecule has 0 radical (unpaired) electrons. The molecular formula is C23H21FN2O5. The summed E-state index contributed by atoms with van der Waals surface area (Å²) in [4.78, 5) is 30.2. The van der Waals surface area contributed by atoms with Gasteiger partial charge in [0.1, 0.15) is 12.4 Å². The molecule has 0 aliphatic carbocycles. The molecule has 2 aromatic heterocycles. The zero-order chi connectivity index (χ0) is 22.1. The highest BCUT2D eigenvalue weighted by Crippen LogP contribution is 2.40. The molecule has 0 fully saturated rings. The maximum absolute atomic E-state index is 14.3. The van der Waals surface area contributed by atoms with Crippen LogP contribution in [0.15, 0.2) is 23.0 Å². The number of cyclic esters (lactones) is 1. The number of esters is 1. The molecule has 31 heavy (non-hydrogen) atoms. The van der Waals surface area contributed by atoms with Crippen molar-refractivity contribution < 1.29 is 24.1 Å². The van der Waals surface area contributed by atoms with E-state index in [1.165, 1.54) is 10.6 Å². The van der Waals surface area contributed by atoms with E-state index in [-0.39, 0.29) is 48.7 Å². The summed E-state index contributed by atoms with van der Waals surface area (Å²) in [5, 5.41) is 21.4. The number of aromatic nitrogens is 2. The number of aliphatic hydroxyl groups is 2. The third kappa shape index (κ3) is 2.61. The molecule has 0 unspecified atom stereocenters. The zero-order valence-corrected chi connectivity index (χ0v) is 17.2. The first kappa shape index (κ1) is 19.8. The summed E-state index contributed by atoms with van der Waals surface area (Å²) in [7, 11) is 0. The molecule has 8 heteroatoms. The molecule has 0 amide bonds. The van der Waals surface area contributed by atoms with Crippen LogP contribution in [0.5, 0.6) is 0 Å². The summed E-state index contributed by atoms with van der Waals surface area (Å²) in [6, 6.07) is 4.69. The number of fused-ring (bicyclic) bond motifs is 5. The van der Waals surface area contributed by atoms with Crippen LogP contribution in [-0.2, 0) is 34.7 Å². The zero-order valence-electron chi connectivity index (χ0n) is 17.2. The van der Waals surface area contributed by atoms with Crippen LogP contribution >= 0.6 is 0 Å². The van der Waals surface area contributed by atoms with Crippen molar-refractivity contribution in [3.63, 3.8) is 0 Å². The van der Waals surface area contributed by atoms with E-state index >= 15 is 0 Å². The number of hydrogen-bond donors (Lipinski definition) is 2. The molecule has 4 heterocycles. The Balaban J connectivity index is 1.84. The van der Waals surface area contributed by atoms with E-state index < -0.39 is 11.6 Å². The van der Waals surface area contributed by atoms with Crippen molar-refractivity contribution in [1.82, 2.24) is 9.55 Å². The van der Waals surface area contributed by atoms with Gasteiger partial charge in [-0.1, -0.05) is 6.92 Å². The molecule has 2 aliphatic rings. The standard InChI is InChI=1S/C23H21FN2O5/c1-3-23(30)16-7-19-20-14(9-26(19)21(28)15(16)10-31-22(23)29)12(4-5-27)13-6-11(2)17(24)8-18(13)25-20/h6-8,27,30H,3-5,9-10H2,1-2H3/t23-/m0/s1. The average molecular weight is 424 g/mol. The fourth-order valence-electron chi connectivity index (χ4n) is 4.69. The Hall–Kier alpha value is -3.10. The van der Waals surface area contributed by atoms with E-state index in [1.54, 1.807) is 26.0 Å². The van der Waals surface area contributed by atoms with Crippen LogP contribution < -0.4 is 5.56 Å². The van der Waals surface area contributed by atoms with E-state index in [9.17, 15) is 24.2 Å². The minimum absolute atomic E-state index is 0.0555. The summed E-state index contributed by atoms with van der Waals surface area (Å²) in [5.74, 6) is -1.17. The van der Waals surface area contributed by atoms with Crippen molar-refractivity contribution in [2.45, 2.75) is 45.4 Å². The number of aryl methyl sites for hydroxylation is 1. The Bertz CT molecular complexity index is 1350. The van der Waals surface area contributed by atoms with Crippen LogP contribution in [0.2, 0.25) is 0 Å². The quantitative estimate of drug-likeness (QED) is 0.488. The van der Waals surface area contributed by atoms with Crippen molar-refractivity contribution in [1.29, 1.82) is 0 Å². The smallest absolute Gasteiger partial charge is 0.343 e. The molecule has 2 aliphatic heterocycles. The van der Waals surface area contributed by atoms with Gasteiger partial charge in [0.15, 0.2) is 5.60 Å². The van der Waals surface area contributed by atoms with Gasteiger partial charge >= 0.3 is 5.97 Å². The molecule has 1 aromatic carbocycles. The third-order valence-corrected chi connectivity index (χ3v) is 6.45. The number of ether oxygens (including phenoxy) is 1. The molecule has 0 bridgehead atoms. The van der Waals surface area contributed by atoms with Gasteiger partial charge in [-0.15, -0.1) is 0 Å². The van der Waals surface area contributed by atoms with Gasteiger partial charge in [0.05, 0.1) is 29.0 Å². The number of pyridine rings is 2. The summed E-state index contributed by atoms with van der Waals surface area (Å²) in [5.41, 5.74) is 1.66. The van der Waals surface area contributed by atoms with Crippen LogP contribution in [0.4, 0.5) is 4.39 Å². The molecule has 1 atom stereocenters. The monoisotopic (exact) mass is 424 g/mol. The van der Waals surface area contributed by atoms with Crippen molar-refractivity contribution in [3.8, 4) is 11.4 Å². The van der Waals surface area contributed by atoms with Crippen LogP contribution in [0.1, 0.15) is 41.2 Å². The van der Waals surface area contributed by atoms with Gasteiger partial charge < -0.3 is 19.5 Å². The third-order valence-electron chi connectivity index (χ3n) is 6.45. The normalized spacial score (nSPS) is 19.2. The van der Waals surface area contributed by atoms with Crippen LogP contribution in [-0.4, -0.2) is 32.3 Å². The predicted molar refractivity (Wildman–Crippen MR) is 110 cm³/mol. The lowest BCUT2D eigenvalue weighted by Gasteiger charge is -2.31. The van der Waals surface area contributed by atoms with Crippen molar-refractivity contribution in [3.05, 3.63) is 62.2 Å². The molecule has 0 saturated heterocycles. The highest BCUT2D eigenvalue weighted by atomic mass is 19.1. The van der Waals surface area contributed by atoms with Gasteiger partial charge in [-0.2, -0.15) is 0 Å². The summed E-state index contributed by atoms with van der Waals surface area (Å²) in [6.07, 6.45) is 0.384. The molecule has 0 saturated carbocycles. The number of benzene rings is 1. The van der Waals surface area contributed by atoms with Crippen molar-refractivity contribution >= 4 is 16.9 Å². The van der Waals surface area contributed by atoms with Gasteiger partial charge in [0.25, 0.3) is 5.56 Å². The number of hydrogen-bond acceptors (Lipinski definition) is 6. The Morgan fingerprint density at radius 1 is 1.26 bits per heavy atom. The highest BCUT2D eigenvalue weighted by molar-refractivity contribution is 5.89. The highest BCUT2D eigenvalue weighted by Gasteiger charge is 2.45. The maximum Gasteiger partial charge on any atom is 0.343 e. The number of nitrogens with zero attached hydrogens (tertiary/aromatic N) is 2. The van der Waals surface area contributed by atoms with Gasteiger partial charge in [-0.25, -0.2) is 14.2 Å². The topological polar surface area (TPSA) is 102 Å². The number of aliphatic hydroxyl groups excluding tert-OH is 1. The Morgan fingerprint density at radius 2 is 2.03 bits per heavy atom. The Morgan fingerprint density at radius 3 is 2.74 bits per heavy atom. The van der Waals surface area contributed by atoms with E-state index in [0.29, 0.717) is 28.9 Å². The second-order valence-electron chi connectivity index (χ2n) is 8.11. The molecule has 0 spiro atoms. The first-order valence-electron chi connectivity index (χ1n) is 10.2. The Kier molecular flexibility index (Phi) is 4.29. The second-order valence-corrected chi connectivity index (χ2v) is 8.11. The molecule has 7 nitrogen and oxygen atoms in total. The van der Waals surface area contributed by atoms with Gasteiger partial charge in [0, 0.05) is 29.2 Å². The predicted octanol–water partition coefficient (Wildman–Crippen LogP) is 2.06. The van der Waals surface area contributed by atoms with Crippen LogP contribution in [0, 0.1) is 12.7 Å². The summed E-state index contributed by atoms with van der Waals surface area (Å²) in [6.45, 7) is 3.24. The van der Waals surface area contributed by atoms with Crippen molar-refractivity contribution in [2.24, 2.45) is 0 Å². The van der Waals surface area contributed by atoms with Crippen LogP contribution in [0.25, 0.3) is 22.3 Å². The van der Waals surface area contributed by atoms with E-state index in [0.717, 1.165) is 16.5 Å². The molecule has 2 N–H and O–H groups in total. The minimum atomic E-state index is -1.90. The SMILES string of the molecule is CC[C@@]1(O)C(=O)OCc2c1cc1n(c2=O)Cc2c-1nc1cc(F)c(C)cc1c2CCO. The average Bonchev–Trinajstić information content (AvgIpc) is 3.11. The molecular weight excluding hydrogens is 403 g/mol. The minimum Gasteiger partial charge on any atom is -0.458 e. The number of carbonyl (C=O) groups is 1. The molecule has 3 aromatic rings. The van der Waals surface area contributed by atoms with E-state index in [1.807, 2.05) is 0 Å². The lowest BCUT2D eigenvalue weighted by atomic mass is 9.86. The second kappa shape index (κ2) is 6.70. The fraction of sp³-hybridized carbons (Fsp3) is 0.348. The van der Waals surface area contributed by atoms with E-state index in [2.05, 4.69) is 4.98 Å². The van der Waals surface area contributed by atoms with Crippen LogP contribution in [0.3, 0.4) is 0 Å². The van der Waals surface area contributed by atoms with Crippen molar-refractivity contribution in [2.75, 3.05) is 6.61 Å². The fourth-order valence-corrected chi connectivity index (χ4v) is 4.69. The molecule has 5 rings (SSSR count).